The first-order valence-electron chi connectivity index (χ1n) is 6.92. The maximum atomic E-state index is 13.8. The monoisotopic (exact) mass is 412 g/mol. The van der Waals surface area contributed by atoms with E-state index in [9.17, 15) is 4.39 Å². The van der Waals surface area contributed by atoms with Gasteiger partial charge in [-0.1, -0.05) is 28.1 Å². The molecule has 0 aromatic heterocycles. The molecule has 0 heterocycles. The van der Waals surface area contributed by atoms with E-state index in [1.54, 1.807) is 6.07 Å². The van der Waals surface area contributed by atoms with E-state index >= 15 is 0 Å². The Bertz CT molecular complexity index is 676. The van der Waals surface area contributed by atoms with Crippen LogP contribution >= 0.6 is 31.9 Å². The first kappa shape index (κ1) is 16.7. The molecule has 1 atom stereocenters. The summed E-state index contributed by atoms with van der Waals surface area (Å²) in [7, 11) is 0. The molecule has 0 amide bonds. The van der Waals surface area contributed by atoms with E-state index < -0.39 is 0 Å². The lowest BCUT2D eigenvalue weighted by Gasteiger charge is -2.23. The third kappa shape index (κ3) is 2.83. The second-order valence-corrected chi connectivity index (χ2v) is 7.25. The molecule has 0 fully saturated rings. The van der Waals surface area contributed by atoms with Crippen LogP contribution in [0.3, 0.4) is 0 Å². The summed E-state index contributed by atoms with van der Waals surface area (Å²) in [5, 5.41) is 0. The van der Waals surface area contributed by atoms with E-state index in [2.05, 4.69) is 66.5 Å². The van der Waals surface area contributed by atoms with Gasteiger partial charge in [-0.2, -0.15) is 0 Å². The van der Waals surface area contributed by atoms with Gasteiger partial charge in [0.1, 0.15) is 5.82 Å². The summed E-state index contributed by atoms with van der Waals surface area (Å²) in [6, 6.07) is 5.18. The molecule has 0 aliphatic carbocycles. The Balaban J connectivity index is 2.70. The fourth-order valence-electron chi connectivity index (χ4n) is 2.78. The van der Waals surface area contributed by atoms with Crippen LogP contribution in [0.4, 0.5) is 4.39 Å². The SMILES string of the molecule is Cc1c(C)c(C)c(C(Br)c2cccc(F)c2Br)c(C)c1C. The van der Waals surface area contributed by atoms with Crippen LogP contribution in [-0.2, 0) is 0 Å². The van der Waals surface area contributed by atoms with Crippen LogP contribution in [0.15, 0.2) is 22.7 Å². The number of rotatable bonds is 2. The van der Waals surface area contributed by atoms with E-state index in [-0.39, 0.29) is 10.6 Å². The van der Waals surface area contributed by atoms with Crippen LogP contribution in [-0.4, -0.2) is 0 Å². The number of alkyl halides is 1. The molecular formula is C18H19Br2F. The van der Waals surface area contributed by atoms with Crippen LogP contribution in [0.25, 0.3) is 0 Å². The molecule has 2 rings (SSSR count). The van der Waals surface area contributed by atoms with Gasteiger partial charge in [-0.25, -0.2) is 4.39 Å². The zero-order chi connectivity index (χ0) is 15.9. The molecule has 0 spiro atoms. The summed E-state index contributed by atoms with van der Waals surface area (Å²) in [6.07, 6.45) is 0. The van der Waals surface area contributed by atoms with Crippen LogP contribution in [0.2, 0.25) is 0 Å². The van der Waals surface area contributed by atoms with Crippen molar-refractivity contribution in [2.75, 3.05) is 0 Å². The Kier molecular flexibility index (Phi) is 4.94. The van der Waals surface area contributed by atoms with Gasteiger partial charge in [0.15, 0.2) is 0 Å². The van der Waals surface area contributed by atoms with Gasteiger partial charge in [0, 0.05) is 0 Å². The lowest BCUT2D eigenvalue weighted by atomic mass is 9.87. The number of hydrogen-bond donors (Lipinski definition) is 0. The van der Waals surface area contributed by atoms with Crippen LogP contribution in [0, 0.1) is 40.4 Å². The Labute approximate surface area is 143 Å². The Morgan fingerprint density at radius 2 is 1.33 bits per heavy atom. The molecular weight excluding hydrogens is 395 g/mol. The van der Waals surface area contributed by atoms with E-state index in [0.29, 0.717) is 4.47 Å². The molecule has 0 aliphatic rings. The minimum atomic E-state index is -0.229. The summed E-state index contributed by atoms with van der Waals surface area (Å²) in [4.78, 5) is -0.0272. The van der Waals surface area contributed by atoms with Gasteiger partial charge >= 0.3 is 0 Å². The highest BCUT2D eigenvalue weighted by Gasteiger charge is 2.22. The molecule has 3 heteroatoms. The first-order chi connectivity index (χ1) is 9.77. The fourth-order valence-corrected chi connectivity index (χ4v) is 4.65. The fraction of sp³-hybridized carbons (Fsp3) is 0.333. The third-order valence-electron chi connectivity index (χ3n) is 4.57. The van der Waals surface area contributed by atoms with E-state index in [4.69, 9.17) is 0 Å². The van der Waals surface area contributed by atoms with Crippen molar-refractivity contribution >= 4 is 31.9 Å². The molecule has 0 radical (unpaired) electrons. The van der Waals surface area contributed by atoms with Gasteiger partial charge in [0.25, 0.3) is 0 Å². The third-order valence-corrected chi connectivity index (χ3v) is 6.35. The number of halogens is 3. The van der Waals surface area contributed by atoms with Gasteiger partial charge in [0.05, 0.1) is 9.30 Å². The minimum Gasteiger partial charge on any atom is -0.206 e. The molecule has 112 valence electrons. The van der Waals surface area contributed by atoms with Crippen molar-refractivity contribution in [1.29, 1.82) is 0 Å². The first-order valence-corrected chi connectivity index (χ1v) is 8.63. The molecule has 2 aromatic carbocycles. The topological polar surface area (TPSA) is 0 Å². The zero-order valence-corrected chi connectivity index (χ0v) is 16.1. The smallest absolute Gasteiger partial charge is 0.137 e. The lowest BCUT2D eigenvalue weighted by molar-refractivity contribution is 0.618. The number of benzene rings is 2. The lowest BCUT2D eigenvalue weighted by Crippen LogP contribution is -2.06. The molecule has 1 unspecified atom stereocenters. The van der Waals surface area contributed by atoms with Crippen molar-refractivity contribution in [2.45, 2.75) is 39.4 Å². The van der Waals surface area contributed by atoms with Crippen LogP contribution < -0.4 is 0 Å². The largest absolute Gasteiger partial charge is 0.206 e. The second-order valence-electron chi connectivity index (χ2n) is 5.54. The quantitative estimate of drug-likeness (QED) is 0.485. The summed E-state index contributed by atoms with van der Waals surface area (Å²) < 4.78 is 14.3. The molecule has 21 heavy (non-hydrogen) atoms. The van der Waals surface area contributed by atoms with Gasteiger partial charge in [-0.15, -0.1) is 0 Å². The van der Waals surface area contributed by atoms with Crippen LogP contribution in [0.1, 0.15) is 43.8 Å². The standard InChI is InChI=1S/C18H19Br2F/c1-9-10(2)12(4)16(13(5)11(9)3)18(20)14-7-6-8-15(21)17(14)19/h6-8,18H,1-5H3. The second kappa shape index (κ2) is 6.21. The minimum absolute atomic E-state index is 0.0272. The van der Waals surface area contributed by atoms with Crippen molar-refractivity contribution in [1.82, 2.24) is 0 Å². The Hall–Kier alpha value is -0.670. The summed E-state index contributed by atoms with van der Waals surface area (Å²) in [5.74, 6) is -0.229. The van der Waals surface area contributed by atoms with Crippen molar-refractivity contribution in [3.8, 4) is 0 Å². The highest BCUT2D eigenvalue weighted by molar-refractivity contribution is 9.11. The van der Waals surface area contributed by atoms with Crippen molar-refractivity contribution in [2.24, 2.45) is 0 Å². The summed E-state index contributed by atoms with van der Waals surface area (Å²) in [6.45, 7) is 10.8. The van der Waals surface area contributed by atoms with Crippen molar-refractivity contribution < 1.29 is 4.39 Å². The summed E-state index contributed by atoms with van der Waals surface area (Å²) in [5.41, 5.74) is 8.66. The average molecular weight is 414 g/mol. The molecule has 0 bridgehead atoms. The molecule has 0 nitrogen and oxygen atoms in total. The maximum absolute atomic E-state index is 13.8. The molecule has 0 aliphatic heterocycles. The average Bonchev–Trinajstić information content (AvgIpc) is 2.46. The molecule has 0 saturated heterocycles. The predicted octanol–water partition coefficient (Wildman–Crippen LogP) is 6.61. The van der Waals surface area contributed by atoms with Gasteiger partial charge in [-0.3, -0.25) is 0 Å². The van der Waals surface area contributed by atoms with Gasteiger partial charge in [0.2, 0.25) is 0 Å². The summed E-state index contributed by atoms with van der Waals surface area (Å²) >= 11 is 7.15. The molecule has 0 saturated carbocycles. The Morgan fingerprint density at radius 1 is 0.857 bits per heavy atom. The number of hydrogen-bond acceptors (Lipinski definition) is 0. The van der Waals surface area contributed by atoms with E-state index in [1.807, 2.05) is 6.07 Å². The Morgan fingerprint density at radius 3 is 1.86 bits per heavy atom. The highest BCUT2D eigenvalue weighted by atomic mass is 79.9. The highest BCUT2D eigenvalue weighted by Crippen LogP contribution is 2.41. The maximum Gasteiger partial charge on any atom is 0.137 e. The molecule has 2 aromatic rings. The van der Waals surface area contributed by atoms with E-state index in [0.717, 1.165) is 5.56 Å². The van der Waals surface area contributed by atoms with Gasteiger partial charge in [-0.05, 0) is 95.6 Å². The van der Waals surface area contributed by atoms with Gasteiger partial charge < -0.3 is 0 Å². The van der Waals surface area contributed by atoms with Crippen LogP contribution in [0.5, 0.6) is 0 Å². The molecule has 0 N–H and O–H groups in total. The van der Waals surface area contributed by atoms with Crippen molar-refractivity contribution in [3.05, 3.63) is 67.4 Å². The van der Waals surface area contributed by atoms with Crippen molar-refractivity contribution in [3.63, 3.8) is 0 Å². The zero-order valence-electron chi connectivity index (χ0n) is 12.9. The van der Waals surface area contributed by atoms with E-state index in [1.165, 1.54) is 39.4 Å². The predicted molar refractivity (Wildman–Crippen MR) is 95.0 cm³/mol. The normalized spacial score (nSPS) is 12.6.